The molecule has 2 aromatic carbocycles. The Hall–Kier alpha value is -3.14. The summed E-state index contributed by atoms with van der Waals surface area (Å²) in [6.45, 7) is 4.69. The van der Waals surface area contributed by atoms with E-state index < -0.39 is 0 Å². The van der Waals surface area contributed by atoms with Crippen LogP contribution in [0.1, 0.15) is 29.8 Å². The third kappa shape index (κ3) is 3.91. The Bertz CT molecular complexity index is 877. The van der Waals surface area contributed by atoms with Gasteiger partial charge in [0.15, 0.2) is 0 Å². The number of hydrogen-bond acceptors (Lipinski definition) is 3. The number of amides is 1. The zero-order chi connectivity index (χ0) is 18.4. The Kier molecular flexibility index (Phi) is 5.64. The fourth-order valence-electron chi connectivity index (χ4n) is 2.94. The lowest BCUT2D eigenvalue weighted by atomic mass is 10.1. The molecule has 0 aliphatic heterocycles. The van der Waals surface area contributed by atoms with Crippen LogP contribution >= 0.6 is 0 Å². The molecule has 0 aliphatic carbocycles. The van der Waals surface area contributed by atoms with Crippen LogP contribution in [0.5, 0.6) is 0 Å². The van der Waals surface area contributed by atoms with Crippen molar-refractivity contribution < 1.29 is 4.79 Å². The van der Waals surface area contributed by atoms with E-state index in [0.29, 0.717) is 12.1 Å². The van der Waals surface area contributed by atoms with Crippen LogP contribution in [0, 0.1) is 0 Å². The van der Waals surface area contributed by atoms with Gasteiger partial charge in [0.05, 0.1) is 17.4 Å². The van der Waals surface area contributed by atoms with E-state index in [1.165, 1.54) is 5.56 Å². The lowest BCUT2D eigenvalue weighted by Gasteiger charge is -2.21. The van der Waals surface area contributed by atoms with Crippen LogP contribution in [0.4, 0.5) is 17.1 Å². The maximum absolute atomic E-state index is 13.0. The summed E-state index contributed by atoms with van der Waals surface area (Å²) in [6, 6.07) is 19.7. The molecular formula is C22H23N3O. The van der Waals surface area contributed by atoms with Crippen LogP contribution in [0.2, 0.25) is 0 Å². The molecule has 3 aromatic rings. The molecule has 26 heavy (non-hydrogen) atoms. The second kappa shape index (κ2) is 8.30. The molecule has 4 heteroatoms. The summed E-state index contributed by atoms with van der Waals surface area (Å²) < 4.78 is 0. The number of benzene rings is 2. The van der Waals surface area contributed by atoms with E-state index in [4.69, 9.17) is 0 Å². The van der Waals surface area contributed by atoms with Gasteiger partial charge in [-0.3, -0.25) is 9.78 Å². The number of aryl methyl sites for hydroxylation is 1. The summed E-state index contributed by atoms with van der Waals surface area (Å²) >= 11 is 0. The highest BCUT2D eigenvalue weighted by atomic mass is 16.2. The average Bonchev–Trinajstić information content (AvgIpc) is 2.70. The highest BCUT2D eigenvalue weighted by Gasteiger charge is 2.16. The first kappa shape index (κ1) is 17.7. The van der Waals surface area contributed by atoms with Crippen LogP contribution in [0.15, 0.2) is 73.1 Å². The molecule has 132 valence electrons. The van der Waals surface area contributed by atoms with Gasteiger partial charge in [0.25, 0.3) is 5.91 Å². The van der Waals surface area contributed by atoms with Crippen LogP contribution in [-0.4, -0.2) is 17.4 Å². The molecule has 1 heterocycles. The molecule has 0 atom stereocenters. The molecular weight excluding hydrogens is 322 g/mol. The minimum atomic E-state index is -0.0568. The maximum Gasteiger partial charge on any atom is 0.259 e. The molecule has 0 unspecified atom stereocenters. The molecule has 0 saturated carbocycles. The number of pyridine rings is 1. The zero-order valence-electron chi connectivity index (χ0n) is 15.1. The van der Waals surface area contributed by atoms with Gasteiger partial charge in [0.2, 0.25) is 0 Å². The number of carbonyl (C=O) groups excluding carboxylic acids is 1. The predicted octanol–water partition coefficient (Wildman–Crippen LogP) is 5.05. The van der Waals surface area contributed by atoms with Crippen LogP contribution in [-0.2, 0) is 6.42 Å². The number of anilines is 3. The van der Waals surface area contributed by atoms with Gasteiger partial charge < -0.3 is 10.2 Å². The third-order valence-electron chi connectivity index (χ3n) is 4.29. The average molecular weight is 345 g/mol. The Morgan fingerprint density at radius 2 is 1.73 bits per heavy atom. The Morgan fingerprint density at radius 1 is 1.00 bits per heavy atom. The molecule has 1 N–H and O–H groups in total. The van der Waals surface area contributed by atoms with E-state index in [1.54, 1.807) is 17.3 Å². The van der Waals surface area contributed by atoms with Crippen molar-refractivity contribution in [3.05, 3.63) is 84.2 Å². The molecule has 4 nitrogen and oxygen atoms in total. The zero-order valence-corrected chi connectivity index (χ0v) is 15.1. The molecule has 0 aliphatic rings. The second-order valence-corrected chi connectivity index (χ2v) is 5.98. The Balaban J connectivity index is 1.85. The first-order chi connectivity index (χ1) is 12.7. The highest BCUT2D eigenvalue weighted by Crippen LogP contribution is 2.23. The summed E-state index contributed by atoms with van der Waals surface area (Å²) in [4.78, 5) is 19.0. The van der Waals surface area contributed by atoms with Crippen molar-refractivity contribution in [3.8, 4) is 0 Å². The summed E-state index contributed by atoms with van der Waals surface area (Å²) in [7, 11) is 0. The van der Waals surface area contributed by atoms with E-state index in [9.17, 15) is 4.79 Å². The van der Waals surface area contributed by atoms with E-state index in [-0.39, 0.29) is 5.91 Å². The number of nitrogens with zero attached hydrogens (tertiary/aromatic N) is 2. The van der Waals surface area contributed by atoms with Gasteiger partial charge in [-0.25, -0.2) is 0 Å². The molecule has 3 rings (SSSR count). The first-order valence-electron chi connectivity index (χ1n) is 8.89. The van der Waals surface area contributed by atoms with Crippen molar-refractivity contribution in [1.82, 2.24) is 4.98 Å². The standard InChI is InChI=1S/C22H23N3O/c1-3-17-10-8-9-13-21(17)24-19-14-18(15-23-16-19)22(26)25(4-2)20-11-6-5-7-12-20/h5-16,24H,3-4H2,1-2H3. The molecule has 0 spiro atoms. The number of nitrogens with one attached hydrogen (secondary N) is 1. The van der Waals surface area contributed by atoms with Gasteiger partial charge in [-0.2, -0.15) is 0 Å². The van der Waals surface area contributed by atoms with Gasteiger partial charge >= 0.3 is 0 Å². The highest BCUT2D eigenvalue weighted by molar-refractivity contribution is 6.06. The lowest BCUT2D eigenvalue weighted by molar-refractivity contribution is 0.0988. The number of carbonyl (C=O) groups is 1. The van der Waals surface area contributed by atoms with Gasteiger partial charge in [0, 0.05) is 24.1 Å². The molecule has 1 aromatic heterocycles. The van der Waals surface area contributed by atoms with Crippen LogP contribution in [0.3, 0.4) is 0 Å². The molecule has 1 amide bonds. The summed E-state index contributed by atoms with van der Waals surface area (Å²) in [5, 5.41) is 3.38. The van der Waals surface area contributed by atoms with Crippen molar-refractivity contribution in [2.45, 2.75) is 20.3 Å². The molecule has 0 bridgehead atoms. The molecule has 0 saturated heterocycles. The van der Waals surface area contributed by atoms with Gasteiger partial charge in [-0.15, -0.1) is 0 Å². The van der Waals surface area contributed by atoms with Gasteiger partial charge in [-0.05, 0) is 43.2 Å². The van der Waals surface area contributed by atoms with Crippen molar-refractivity contribution >= 4 is 23.0 Å². The number of aromatic nitrogens is 1. The van der Waals surface area contributed by atoms with Crippen LogP contribution in [0.25, 0.3) is 0 Å². The van der Waals surface area contributed by atoms with E-state index in [0.717, 1.165) is 23.5 Å². The maximum atomic E-state index is 13.0. The van der Waals surface area contributed by atoms with Crippen LogP contribution < -0.4 is 10.2 Å². The topological polar surface area (TPSA) is 45.2 Å². The van der Waals surface area contributed by atoms with Gasteiger partial charge in [0.1, 0.15) is 0 Å². The summed E-state index contributed by atoms with van der Waals surface area (Å²) in [5.41, 5.74) is 4.52. The first-order valence-corrected chi connectivity index (χ1v) is 8.89. The summed E-state index contributed by atoms with van der Waals surface area (Å²) in [6.07, 6.45) is 4.29. The third-order valence-corrected chi connectivity index (χ3v) is 4.29. The van der Waals surface area contributed by atoms with E-state index in [2.05, 4.69) is 23.3 Å². The fourth-order valence-corrected chi connectivity index (χ4v) is 2.94. The smallest absolute Gasteiger partial charge is 0.259 e. The Morgan fingerprint density at radius 3 is 2.46 bits per heavy atom. The SMILES string of the molecule is CCc1ccccc1Nc1cncc(C(=O)N(CC)c2ccccc2)c1. The normalized spacial score (nSPS) is 10.4. The predicted molar refractivity (Wildman–Crippen MR) is 107 cm³/mol. The monoisotopic (exact) mass is 345 g/mol. The van der Waals surface area contributed by atoms with Crippen molar-refractivity contribution in [2.24, 2.45) is 0 Å². The number of rotatable bonds is 6. The van der Waals surface area contributed by atoms with E-state index in [1.807, 2.05) is 61.5 Å². The minimum absolute atomic E-state index is 0.0568. The molecule has 0 radical (unpaired) electrons. The van der Waals surface area contributed by atoms with Crippen molar-refractivity contribution in [3.63, 3.8) is 0 Å². The second-order valence-electron chi connectivity index (χ2n) is 5.98. The lowest BCUT2D eigenvalue weighted by Crippen LogP contribution is -2.30. The Labute approximate surface area is 154 Å². The van der Waals surface area contributed by atoms with E-state index >= 15 is 0 Å². The van der Waals surface area contributed by atoms with Crippen molar-refractivity contribution in [2.75, 3.05) is 16.8 Å². The largest absolute Gasteiger partial charge is 0.354 e. The summed E-state index contributed by atoms with van der Waals surface area (Å²) in [5.74, 6) is -0.0568. The fraction of sp³-hybridized carbons (Fsp3) is 0.182. The molecule has 0 fully saturated rings. The quantitative estimate of drug-likeness (QED) is 0.679. The minimum Gasteiger partial charge on any atom is -0.354 e. The number of hydrogen-bond donors (Lipinski definition) is 1. The van der Waals surface area contributed by atoms with Gasteiger partial charge in [-0.1, -0.05) is 43.3 Å². The van der Waals surface area contributed by atoms with Crippen molar-refractivity contribution in [1.29, 1.82) is 0 Å². The number of para-hydroxylation sites is 2.